The highest BCUT2D eigenvalue weighted by atomic mass is 35.5. The van der Waals surface area contributed by atoms with Gasteiger partial charge in [0.15, 0.2) is 0 Å². The predicted molar refractivity (Wildman–Crippen MR) is 75.2 cm³/mol. The van der Waals surface area contributed by atoms with Crippen molar-refractivity contribution >= 4 is 11.6 Å². The first-order valence-corrected chi connectivity index (χ1v) is 7.31. The molecule has 1 aliphatic rings. The molecule has 1 saturated carbocycles. The zero-order valence-electron chi connectivity index (χ0n) is 11.7. The van der Waals surface area contributed by atoms with Crippen LogP contribution in [-0.4, -0.2) is 33.2 Å². The van der Waals surface area contributed by atoms with Gasteiger partial charge >= 0.3 is 0 Å². The van der Waals surface area contributed by atoms with Crippen molar-refractivity contribution in [2.45, 2.75) is 39.0 Å². The Hall–Kier alpha value is -0.580. The summed E-state index contributed by atoms with van der Waals surface area (Å²) in [5.41, 5.74) is 1.24. The van der Waals surface area contributed by atoms with Crippen LogP contribution in [0.15, 0.2) is 0 Å². The van der Waals surface area contributed by atoms with Crippen LogP contribution in [0.2, 0.25) is 5.02 Å². The average Bonchev–Trinajstić information content (AvgIpc) is 3.00. The molecule has 2 N–H and O–H groups in total. The quantitative estimate of drug-likeness (QED) is 0.871. The van der Waals surface area contributed by atoms with E-state index < -0.39 is 5.41 Å². The smallest absolute Gasteiger partial charge is 0.0847 e. The third-order valence-electron chi connectivity index (χ3n) is 4.63. The molecule has 1 aliphatic carbocycles. The lowest BCUT2D eigenvalue weighted by Crippen LogP contribution is -2.39. The molecule has 108 valence electrons. The molecule has 0 saturated heterocycles. The fraction of sp³-hybridized carbons (Fsp3) is 0.786. The van der Waals surface area contributed by atoms with Gasteiger partial charge < -0.3 is 10.2 Å². The monoisotopic (exact) mass is 286 g/mol. The number of halogens is 1. The van der Waals surface area contributed by atoms with E-state index >= 15 is 0 Å². The molecule has 0 aliphatic heterocycles. The number of nitrogens with zero attached hydrogens (tertiary/aromatic N) is 2. The maximum Gasteiger partial charge on any atom is 0.0847 e. The van der Waals surface area contributed by atoms with Crippen molar-refractivity contribution in [3.05, 3.63) is 16.4 Å². The van der Waals surface area contributed by atoms with Crippen molar-refractivity contribution in [3.63, 3.8) is 0 Å². The van der Waals surface area contributed by atoms with Crippen LogP contribution in [0, 0.1) is 18.3 Å². The highest BCUT2D eigenvalue weighted by Gasteiger charge is 2.40. The maximum atomic E-state index is 9.85. The van der Waals surface area contributed by atoms with E-state index in [1.165, 1.54) is 12.8 Å². The van der Waals surface area contributed by atoms with Gasteiger partial charge in [0, 0.05) is 18.9 Å². The summed E-state index contributed by atoms with van der Waals surface area (Å²) >= 11 is 6.29. The third-order valence-corrected chi connectivity index (χ3v) is 5.12. The van der Waals surface area contributed by atoms with Gasteiger partial charge in [-0.3, -0.25) is 4.68 Å². The molecule has 0 unspecified atom stereocenters. The van der Waals surface area contributed by atoms with Crippen LogP contribution in [0.25, 0.3) is 0 Å². The lowest BCUT2D eigenvalue weighted by Gasteiger charge is -2.36. The Kier molecular flexibility index (Phi) is 4.54. The number of rotatable bonds is 5. The lowest BCUT2D eigenvalue weighted by molar-refractivity contribution is 0.00436. The van der Waals surface area contributed by atoms with Gasteiger partial charge in [0.25, 0.3) is 0 Å². The second kappa shape index (κ2) is 5.81. The molecule has 4 nitrogen and oxygen atoms in total. The molecule has 0 amide bonds. The number of aryl methyl sites for hydroxylation is 2. The minimum atomic E-state index is -0.472. The first-order chi connectivity index (χ1) is 9.04. The topological polar surface area (TPSA) is 58.3 Å². The van der Waals surface area contributed by atoms with Crippen molar-refractivity contribution in [3.8, 4) is 0 Å². The molecule has 1 aromatic rings. The Balaban J connectivity index is 2.29. The van der Waals surface area contributed by atoms with Crippen molar-refractivity contribution in [1.82, 2.24) is 9.78 Å². The number of hydrogen-bond donors (Lipinski definition) is 2. The molecule has 5 heteroatoms. The number of aliphatic hydroxyl groups excluding tert-OH is 2. The summed E-state index contributed by atoms with van der Waals surface area (Å²) < 4.78 is 1.77. The minimum absolute atomic E-state index is 0.00523. The minimum Gasteiger partial charge on any atom is -0.396 e. The molecule has 0 spiro atoms. The van der Waals surface area contributed by atoms with Gasteiger partial charge in [-0.25, -0.2) is 0 Å². The van der Waals surface area contributed by atoms with E-state index in [4.69, 9.17) is 11.6 Å². The first kappa shape index (κ1) is 14.8. The molecule has 0 radical (unpaired) electrons. The first-order valence-electron chi connectivity index (χ1n) is 6.94. The molecule has 19 heavy (non-hydrogen) atoms. The third kappa shape index (κ3) is 2.67. The number of aliphatic hydroxyl groups is 2. The SMILES string of the molecule is Cc1nn(C)c(CC(CO)(CO)C2CCCC2)c1Cl. The van der Waals surface area contributed by atoms with E-state index in [0.717, 1.165) is 24.2 Å². The summed E-state index contributed by atoms with van der Waals surface area (Å²) in [6, 6.07) is 0. The molecule has 1 aromatic heterocycles. The molecule has 0 atom stereocenters. The summed E-state index contributed by atoms with van der Waals surface area (Å²) in [5, 5.41) is 24.7. The molecule has 0 aromatic carbocycles. The van der Waals surface area contributed by atoms with Crippen molar-refractivity contribution in [1.29, 1.82) is 0 Å². The molecular formula is C14H23ClN2O2. The van der Waals surface area contributed by atoms with Crippen LogP contribution in [0.3, 0.4) is 0 Å². The van der Waals surface area contributed by atoms with Gasteiger partial charge in [-0.1, -0.05) is 24.4 Å². The Bertz CT molecular complexity index is 435. The van der Waals surface area contributed by atoms with Crippen LogP contribution in [0.4, 0.5) is 0 Å². The zero-order chi connectivity index (χ0) is 14.0. The summed E-state index contributed by atoms with van der Waals surface area (Å²) in [5.74, 6) is 0.369. The fourth-order valence-electron chi connectivity index (χ4n) is 3.31. The molecule has 0 bridgehead atoms. The summed E-state index contributed by atoms with van der Waals surface area (Å²) in [6.45, 7) is 1.87. The molecular weight excluding hydrogens is 264 g/mol. The number of aromatic nitrogens is 2. The summed E-state index contributed by atoms with van der Waals surface area (Å²) in [4.78, 5) is 0. The van der Waals surface area contributed by atoms with E-state index in [-0.39, 0.29) is 13.2 Å². The Morgan fingerprint density at radius 3 is 2.32 bits per heavy atom. The van der Waals surface area contributed by atoms with E-state index in [9.17, 15) is 10.2 Å². The van der Waals surface area contributed by atoms with Crippen LogP contribution in [0.5, 0.6) is 0 Å². The second-order valence-electron chi connectivity index (χ2n) is 5.81. The standard InChI is InChI=1S/C14H23ClN2O2/c1-10-13(15)12(17(2)16-10)7-14(8-18,9-19)11-5-3-4-6-11/h11,18-19H,3-9H2,1-2H3. The van der Waals surface area contributed by atoms with Crippen LogP contribution < -0.4 is 0 Å². The molecule has 2 rings (SSSR count). The predicted octanol–water partition coefficient (Wildman–Crippen LogP) is 2.09. The average molecular weight is 287 g/mol. The van der Waals surface area contributed by atoms with Gasteiger partial charge in [0.1, 0.15) is 0 Å². The van der Waals surface area contributed by atoms with E-state index in [0.29, 0.717) is 17.4 Å². The highest BCUT2D eigenvalue weighted by molar-refractivity contribution is 6.31. The summed E-state index contributed by atoms with van der Waals surface area (Å²) in [7, 11) is 1.86. The van der Waals surface area contributed by atoms with Gasteiger partial charge in [0.2, 0.25) is 0 Å². The molecule has 1 heterocycles. The fourth-order valence-corrected chi connectivity index (χ4v) is 3.54. The summed E-state index contributed by atoms with van der Waals surface area (Å²) in [6.07, 6.45) is 5.11. The second-order valence-corrected chi connectivity index (χ2v) is 6.18. The van der Waals surface area contributed by atoms with Gasteiger partial charge in [-0.05, 0) is 25.7 Å². The van der Waals surface area contributed by atoms with E-state index in [2.05, 4.69) is 5.10 Å². The molecule has 1 fully saturated rings. The van der Waals surface area contributed by atoms with E-state index in [1.54, 1.807) is 4.68 Å². The van der Waals surface area contributed by atoms with Gasteiger partial charge in [-0.2, -0.15) is 5.10 Å². The van der Waals surface area contributed by atoms with Gasteiger partial charge in [-0.15, -0.1) is 0 Å². The van der Waals surface area contributed by atoms with Crippen molar-refractivity contribution < 1.29 is 10.2 Å². The Labute approximate surface area is 119 Å². The highest BCUT2D eigenvalue weighted by Crippen LogP contribution is 2.42. The zero-order valence-corrected chi connectivity index (χ0v) is 12.4. The van der Waals surface area contributed by atoms with Crippen LogP contribution >= 0.6 is 11.6 Å². The van der Waals surface area contributed by atoms with Crippen molar-refractivity contribution in [2.24, 2.45) is 18.4 Å². The normalized spacial score (nSPS) is 17.3. The number of hydrogen-bond acceptors (Lipinski definition) is 3. The largest absolute Gasteiger partial charge is 0.396 e. The van der Waals surface area contributed by atoms with E-state index in [1.807, 2.05) is 14.0 Å². The van der Waals surface area contributed by atoms with Crippen LogP contribution in [-0.2, 0) is 13.5 Å². The maximum absolute atomic E-state index is 9.85. The Morgan fingerprint density at radius 1 is 1.32 bits per heavy atom. The van der Waals surface area contributed by atoms with Crippen LogP contribution in [0.1, 0.15) is 37.1 Å². The van der Waals surface area contributed by atoms with Gasteiger partial charge in [0.05, 0.1) is 29.6 Å². The Morgan fingerprint density at radius 2 is 1.89 bits per heavy atom. The van der Waals surface area contributed by atoms with Crippen molar-refractivity contribution in [2.75, 3.05) is 13.2 Å². The lowest BCUT2D eigenvalue weighted by atomic mass is 9.72.